The Morgan fingerprint density at radius 2 is 1.72 bits per heavy atom. The lowest BCUT2D eigenvalue weighted by Crippen LogP contribution is -2.13. The summed E-state index contributed by atoms with van der Waals surface area (Å²) in [6.07, 6.45) is 0. The Balaban J connectivity index is 2.01. The third kappa shape index (κ3) is 4.37. The van der Waals surface area contributed by atoms with Gasteiger partial charge in [0.05, 0.1) is 5.69 Å². The van der Waals surface area contributed by atoms with Crippen molar-refractivity contribution < 1.29 is 0 Å². The number of nitrogens with zero attached hydrogens (tertiary/aromatic N) is 2. The maximum atomic E-state index is 4.65. The highest BCUT2D eigenvalue weighted by atomic mass is 79.9. The van der Waals surface area contributed by atoms with Gasteiger partial charge in [0.15, 0.2) is 0 Å². The Kier molecular flexibility index (Phi) is 5.34. The van der Waals surface area contributed by atoms with Crippen molar-refractivity contribution in [1.82, 2.24) is 9.97 Å². The molecule has 3 rings (SSSR count). The van der Waals surface area contributed by atoms with E-state index in [1.54, 1.807) is 0 Å². The molecule has 0 fully saturated rings. The Morgan fingerprint density at radius 3 is 2.44 bits per heavy atom. The molecule has 3 aromatic rings. The molecule has 0 radical (unpaired) electrons. The zero-order chi connectivity index (χ0) is 17.8. The maximum Gasteiger partial charge on any atom is 0.225 e. The molecule has 0 aliphatic rings. The van der Waals surface area contributed by atoms with Gasteiger partial charge >= 0.3 is 0 Å². The lowest BCUT2D eigenvalue weighted by Gasteiger charge is -2.14. The van der Waals surface area contributed by atoms with E-state index in [1.807, 2.05) is 42.5 Å². The van der Waals surface area contributed by atoms with Crippen LogP contribution in [-0.2, 0) is 0 Å². The minimum absolute atomic E-state index is 0.256. The molecule has 0 unspecified atom stereocenters. The van der Waals surface area contributed by atoms with Gasteiger partial charge in [0.1, 0.15) is 5.82 Å². The number of benzene rings is 2. The van der Waals surface area contributed by atoms with Crippen LogP contribution in [0.3, 0.4) is 0 Å². The molecule has 0 saturated heterocycles. The van der Waals surface area contributed by atoms with Gasteiger partial charge in [-0.05, 0) is 38.5 Å². The predicted molar refractivity (Wildman–Crippen MR) is 108 cm³/mol. The van der Waals surface area contributed by atoms with E-state index in [2.05, 4.69) is 69.4 Å². The van der Waals surface area contributed by atoms with Gasteiger partial charge in [0.25, 0.3) is 0 Å². The molecule has 1 heterocycles. The number of halogens is 1. The number of rotatable bonds is 5. The van der Waals surface area contributed by atoms with Crippen molar-refractivity contribution in [2.45, 2.75) is 26.8 Å². The topological polar surface area (TPSA) is 49.8 Å². The molecule has 0 saturated carbocycles. The van der Waals surface area contributed by atoms with E-state index >= 15 is 0 Å². The van der Waals surface area contributed by atoms with Gasteiger partial charge in [-0.2, -0.15) is 4.98 Å². The third-order valence-corrected chi connectivity index (χ3v) is 4.60. The van der Waals surface area contributed by atoms with E-state index in [-0.39, 0.29) is 6.04 Å². The van der Waals surface area contributed by atoms with E-state index < -0.39 is 0 Å². The molecule has 25 heavy (non-hydrogen) atoms. The fraction of sp³-hybridized carbons (Fsp3) is 0.200. The first-order chi connectivity index (χ1) is 12.0. The van der Waals surface area contributed by atoms with Crippen molar-refractivity contribution in [3.63, 3.8) is 0 Å². The van der Waals surface area contributed by atoms with E-state index in [4.69, 9.17) is 0 Å². The summed E-state index contributed by atoms with van der Waals surface area (Å²) in [5.74, 6) is 1.38. The van der Waals surface area contributed by atoms with E-state index in [1.165, 1.54) is 0 Å². The first-order valence-electron chi connectivity index (χ1n) is 8.26. The standard InChI is InChI=1S/C20H21BrN4/c1-13(2)22-20-24-18(15-8-5-4-6-9-15)12-19(25-20)23-17-11-7-10-16(21)14(17)3/h4-13H,1-3H3,(H2,22,23,24,25). The summed E-state index contributed by atoms with van der Waals surface area (Å²) in [5.41, 5.74) is 4.10. The van der Waals surface area contributed by atoms with Crippen molar-refractivity contribution in [2.24, 2.45) is 0 Å². The molecular weight excluding hydrogens is 376 g/mol. The summed E-state index contributed by atoms with van der Waals surface area (Å²) in [6.45, 7) is 6.22. The quantitative estimate of drug-likeness (QED) is 0.573. The van der Waals surface area contributed by atoms with Gasteiger partial charge < -0.3 is 10.6 Å². The molecule has 5 heteroatoms. The van der Waals surface area contributed by atoms with Gasteiger partial charge in [-0.15, -0.1) is 0 Å². The monoisotopic (exact) mass is 396 g/mol. The van der Waals surface area contributed by atoms with Crippen LogP contribution >= 0.6 is 15.9 Å². The normalized spacial score (nSPS) is 10.8. The SMILES string of the molecule is Cc1c(Br)cccc1Nc1cc(-c2ccccc2)nc(NC(C)C)n1. The molecule has 0 bridgehead atoms. The predicted octanol–water partition coefficient (Wildman–Crippen LogP) is 5.78. The van der Waals surface area contributed by atoms with Crippen LogP contribution in [0.4, 0.5) is 17.5 Å². The van der Waals surface area contributed by atoms with Crippen LogP contribution in [0, 0.1) is 6.92 Å². The third-order valence-electron chi connectivity index (χ3n) is 3.74. The lowest BCUT2D eigenvalue weighted by molar-refractivity contribution is 0.876. The largest absolute Gasteiger partial charge is 0.352 e. The smallest absolute Gasteiger partial charge is 0.225 e. The highest BCUT2D eigenvalue weighted by molar-refractivity contribution is 9.10. The average molecular weight is 397 g/mol. The maximum absolute atomic E-state index is 4.65. The van der Waals surface area contributed by atoms with Gasteiger partial charge in [0.2, 0.25) is 5.95 Å². The zero-order valence-electron chi connectivity index (χ0n) is 14.5. The molecule has 2 aromatic carbocycles. The van der Waals surface area contributed by atoms with Crippen LogP contribution in [0.1, 0.15) is 19.4 Å². The fourth-order valence-electron chi connectivity index (χ4n) is 2.47. The second-order valence-corrected chi connectivity index (χ2v) is 7.02. The van der Waals surface area contributed by atoms with Gasteiger partial charge in [-0.25, -0.2) is 4.98 Å². The van der Waals surface area contributed by atoms with E-state index in [0.29, 0.717) is 5.95 Å². The van der Waals surface area contributed by atoms with Crippen molar-refractivity contribution in [2.75, 3.05) is 10.6 Å². The average Bonchev–Trinajstić information content (AvgIpc) is 2.59. The molecule has 0 aliphatic carbocycles. The van der Waals surface area contributed by atoms with Crippen molar-refractivity contribution in [3.8, 4) is 11.3 Å². The highest BCUT2D eigenvalue weighted by Crippen LogP contribution is 2.28. The number of hydrogen-bond acceptors (Lipinski definition) is 4. The second-order valence-electron chi connectivity index (χ2n) is 6.16. The van der Waals surface area contributed by atoms with E-state index in [0.717, 1.165) is 32.8 Å². The van der Waals surface area contributed by atoms with Crippen LogP contribution in [-0.4, -0.2) is 16.0 Å². The lowest BCUT2D eigenvalue weighted by atomic mass is 10.1. The Morgan fingerprint density at radius 1 is 0.960 bits per heavy atom. The molecule has 128 valence electrons. The second kappa shape index (κ2) is 7.66. The van der Waals surface area contributed by atoms with Crippen molar-refractivity contribution >= 4 is 33.4 Å². The zero-order valence-corrected chi connectivity index (χ0v) is 16.1. The van der Waals surface area contributed by atoms with Crippen LogP contribution in [0.2, 0.25) is 0 Å². The molecular formula is C20H21BrN4. The van der Waals surface area contributed by atoms with Gasteiger partial charge in [0, 0.05) is 27.8 Å². The molecule has 0 atom stereocenters. The highest BCUT2D eigenvalue weighted by Gasteiger charge is 2.09. The molecule has 1 aromatic heterocycles. The number of nitrogens with one attached hydrogen (secondary N) is 2. The Labute approximate surface area is 156 Å². The Bertz CT molecular complexity index is 863. The summed E-state index contributed by atoms with van der Waals surface area (Å²) >= 11 is 3.57. The summed E-state index contributed by atoms with van der Waals surface area (Å²) in [4.78, 5) is 9.27. The first-order valence-corrected chi connectivity index (χ1v) is 9.05. The van der Waals surface area contributed by atoms with E-state index in [9.17, 15) is 0 Å². The molecule has 2 N–H and O–H groups in total. The molecule has 0 amide bonds. The fourth-order valence-corrected chi connectivity index (χ4v) is 2.84. The molecule has 4 nitrogen and oxygen atoms in total. The van der Waals surface area contributed by atoms with Crippen LogP contribution < -0.4 is 10.6 Å². The summed E-state index contributed by atoms with van der Waals surface area (Å²) in [5, 5.41) is 6.71. The van der Waals surface area contributed by atoms with Crippen LogP contribution in [0.25, 0.3) is 11.3 Å². The summed E-state index contributed by atoms with van der Waals surface area (Å²) in [7, 11) is 0. The minimum Gasteiger partial charge on any atom is -0.352 e. The number of aromatic nitrogens is 2. The van der Waals surface area contributed by atoms with Gasteiger partial charge in [-0.1, -0.05) is 52.3 Å². The van der Waals surface area contributed by atoms with Crippen molar-refractivity contribution in [1.29, 1.82) is 0 Å². The minimum atomic E-state index is 0.256. The first kappa shape index (κ1) is 17.4. The molecule has 0 spiro atoms. The van der Waals surface area contributed by atoms with Crippen molar-refractivity contribution in [3.05, 3.63) is 64.6 Å². The van der Waals surface area contributed by atoms with Crippen LogP contribution in [0.5, 0.6) is 0 Å². The Hall–Kier alpha value is -2.40. The number of anilines is 3. The summed E-state index contributed by atoms with van der Waals surface area (Å²) < 4.78 is 1.07. The molecule has 0 aliphatic heterocycles. The number of hydrogen-bond donors (Lipinski definition) is 2. The van der Waals surface area contributed by atoms with Gasteiger partial charge in [-0.3, -0.25) is 0 Å². The van der Waals surface area contributed by atoms with Crippen LogP contribution in [0.15, 0.2) is 59.1 Å². The summed E-state index contributed by atoms with van der Waals surface area (Å²) in [6, 6.07) is 18.4.